The van der Waals surface area contributed by atoms with Gasteiger partial charge in [0.05, 0.1) is 19.8 Å². The summed E-state index contributed by atoms with van der Waals surface area (Å²) in [4.78, 5) is 17.8. The summed E-state index contributed by atoms with van der Waals surface area (Å²) in [5.41, 5.74) is 0. The lowest BCUT2D eigenvalue weighted by atomic mass is 10.3. The van der Waals surface area contributed by atoms with E-state index in [1.54, 1.807) is 0 Å². The number of phosphoric ester groups is 1. The second-order valence-corrected chi connectivity index (χ2v) is 6.29. The van der Waals surface area contributed by atoms with Crippen LogP contribution in [0.25, 0.3) is 0 Å². The van der Waals surface area contributed by atoms with Crippen molar-refractivity contribution in [3.8, 4) is 0 Å². The highest BCUT2D eigenvalue weighted by Crippen LogP contribution is 2.37. The summed E-state index contributed by atoms with van der Waals surface area (Å²) in [5, 5.41) is 0. The molecule has 0 rings (SSSR count). The van der Waals surface area contributed by atoms with E-state index in [9.17, 15) is 4.57 Å². The van der Waals surface area contributed by atoms with Crippen molar-refractivity contribution in [2.24, 2.45) is 0 Å². The Kier molecular flexibility index (Phi) is 12.4. The third-order valence-corrected chi connectivity index (χ3v) is 3.33. The zero-order chi connectivity index (χ0) is 16.9. The van der Waals surface area contributed by atoms with E-state index in [4.69, 9.17) is 24.0 Å². The second kappa shape index (κ2) is 12.4. The van der Waals surface area contributed by atoms with Crippen molar-refractivity contribution in [1.82, 2.24) is 0 Å². The van der Waals surface area contributed by atoms with Crippen LogP contribution in [-0.4, -0.2) is 42.2 Å². The van der Waals surface area contributed by atoms with E-state index in [0.29, 0.717) is 19.8 Å². The third kappa shape index (κ3) is 11.5. The van der Waals surface area contributed by atoms with E-state index in [0.717, 1.165) is 38.5 Å². The quantitative estimate of drug-likeness (QED) is 0.268. The van der Waals surface area contributed by atoms with Crippen LogP contribution in [0.4, 0.5) is 0 Å². The molecule has 22 heavy (non-hydrogen) atoms. The van der Waals surface area contributed by atoms with Crippen LogP contribution in [-0.2, 0) is 23.3 Å². The van der Waals surface area contributed by atoms with Gasteiger partial charge in [0.25, 0.3) is 0 Å². The molecular weight excluding hydrogens is 311 g/mol. The molecule has 8 heteroatoms. The van der Waals surface area contributed by atoms with Crippen molar-refractivity contribution in [3.05, 3.63) is 0 Å². The number of hydrogen-bond donors (Lipinski definition) is 2. The SMILES string of the molecule is CCCCOC(COP(=O)(O)O)(OCCCC)OCCCC. The Morgan fingerprint density at radius 3 is 1.45 bits per heavy atom. The molecule has 0 saturated carbocycles. The van der Waals surface area contributed by atoms with Crippen molar-refractivity contribution in [2.45, 2.75) is 65.3 Å². The van der Waals surface area contributed by atoms with E-state index >= 15 is 0 Å². The maximum atomic E-state index is 11.0. The van der Waals surface area contributed by atoms with Crippen molar-refractivity contribution in [1.29, 1.82) is 0 Å². The molecule has 0 bridgehead atoms. The van der Waals surface area contributed by atoms with E-state index < -0.39 is 20.4 Å². The molecule has 0 aliphatic carbocycles. The fourth-order valence-electron chi connectivity index (χ4n) is 1.53. The molecule has 134 valence electrons. The van der Waals surface area contributed by atoms with Gasteiger partial charge in [0.15, 0.2) is 0 Å². The lowest BCUT2D eigenvalue weighted by Gasteiger charge is -2.33. The highest BCUT2D eigenvalue weighted by atomic mass is 31.2. The molecule has 0 aliphatic rings. The normalized spacial score (nSPS) is 12.8. The first-order valence-electron chi connectivity index (χ1n) is 8.01. The van der Waals surface area contributed by atoms with E-state index in [1.807, 2.05) is 20.8 Å². The van der Waals surface area contributed by atoms with Gasteiger partial charge in [0, 0.05) is 0 Å². The van der Waals surface area contributed by atoms with Crippen LogP contribution in [0, 0.1) is 0 Å². The highest BCUT2D eigenvalue weighted by Gasteiger charge is 2.37. The minimum Gasteiger partial charge on any atom is -0.326 e. The van der Waals surface area contributed by atoms with Crippen molar-refractivity contribution >= 4 is 7.82 Å². The van der Waals surface area contributed by atoms with Crippen molar-refractivity contribution in [3.63, 3.8) is 0 Å². The van der Waals surface area contributed by atoms with Gasteiger partial charge in [-0.1, -0.05) is 40.0 Å². The minimum absolute atomic E-state index is 0.374. The fraction of sp³-hybridized carbons (Fsp3) is 1.00. The summed E-state index contributed by atoms with van der Waals surface area (Å²) < 4.78 is 32.5. The third-order valence-electron chi connectivity index (χ3n) is 2.87. The van der Waals surface area contributed by atoms with Gasteiger partial charge in [-0.25, -0.2) is 4.57 Å². The smallest absolute Gasteiger partial charge is 0.326 e. The molecule has 0 fully saturated rings. The van der Waals surface area contributed by atoms with Crippen LogP contribution >= 0.6 is 7.82 Å². The van der Waals surface area contributed by atoms with E-state index in [-0.39, 0.29) is 0 Å². The lowest BCUT2D eigenvalue weighted by molar-refractivity contribution is -0.390. The van der Waals surface area contributed by atoms with Crippen LogP contribution < -0.4 is 0 Å². The van der Waals surface area contributed by atoms with Gasteiger partial charge in [-0.05, 0) is 19.3 Å². The van der Waals surface area contributed by atoms with Gasteiger partial charge >= 0.3 is 13.8 Å². The second-order valence-electron chi connectivity index (χ2n) is 5.05. The molecule has 0 atom stereocenters. The number of phosphoric acid groups is 1. The molecule has 0 heterocycles. The summed E-state index contributed by atoms with van der Waals surface area (Å²) in [6, 6.07) is 0. The molecule has 0 radical (unpaired) electrons. The molecule has 7 nitrogen and oxygen atoms in total. The van der Waals surface area contributed by atoms with Crippen molar-refractivity contribution in [2.75, 3.05) is 26.4 Å². The monoisotopic (exact) mass is 342 g/mol. The van der Waals surface area contributed by atoms with Crippen LogP contribution in [0.2, 0.25) is 0 Å². The zero-order valence-electron chi connectivity index (χ0n) is 14.0. The first-order valence-corrected chi connectivity index (χ1v) is 9.54. The average Bonchev–Trinajstić information content (AvgIpc) is 2.45. The maximum absolute atomic E-state index is 11.0. The molecule has 0 aromatic heterocycles. The summed E-state index contributed by atoms with van der Waals surface area (Å²) >= 11 is 0. The Labute approximate surface area is 133 Å². The number of unbranched alkanes of at least 4 members (excludes halogenated alkanes) is 3. The van der Waals surface area contributed by atoms with Gasteiger partial charge in [0.1, 0.15) is 6.61 Å². The first kappa shape index (κ1) is 22.0. The average molecular weight is 342 g/mol. The minimum atomic E-state index is -4.62. The number of rotatable bonds is 15. The predicted molar refractivity (Wildman–Crippen MR) is 83.3 cm³/mol. The summed E-state index contributed by atoms with van der Waals surface area (Å²) in [6.07, 6.45) is 5.18. The van der Waals surface area contributed by atoms with Crippen LogP contribution in [0.15, 0.2) is 0 Å². The Hall–Kier alpha value is -0.0100. The lowest BCUT2D eigenvalue weighted by Crippen LogP contribution is -2.44. The van der Waals surface area contributed by atoms with E-state index in [2.05, 4.69) is 4.52 Å². The molecular formula is C14H31O7P. The maximum Gasteiger partial charge on any atom is 0.469 e. The fourth-order valence-corrected chi connectivity index (χ4v) is 1.86. The van der Waals surface area contributed by atoms with Gasteiger partial charge in [0.2, 0.25) is 0 Å². The molecule has 0 aliphatic heterocycles. The summed E-state index contributed by atoms with van der Waals surface area (Å²) in [6.45, 7) is 6.72. The largest absolute Gasteiger partial charge is 0.469 e. The molecule has 2 N–H and O–H groups in total. The number of ether oxygens (including phenoxy) is 3. The number of hydrogen-bond acceptors (Lipinski definition) is 5. The molecule has 0 aromatic carbocycles. The molecule has 0 aromatic rings. The first-order chi connectivity index (χ1) is 10.4. The highest BCUT2D eigenvalue weighted by molar-refractivity contribution is 7.46. The standard InChI is InChI=1S/C14H31O7P/c1-4-7-10-18-14(19-11-8-5-2,20-12-9-6-3)13-21-22(15,16)17/h4-13H2,1-3H3,(H2,15,16,17). The Morgan fingerprint density at radius 1 is 0.818 bits per heavy atom. The summed E-state index contributed by atoms with van der Waals surface area (Å²) in [5.74, 6) is -1.55. The van der Waals surface area contributed by atoms with Gasteiger partial charge in [-0.15, -0.1) is 0 Å². The predicted octanol–water partition coefficient (Wildman–Crippen LogP) is 3.20. The van der Waals surface area contributed by atoms with Crippen LogP contribution in [0.5, 0.6) is 0 Å². The molecule has 0 spiro atoms. The molecule has 0 unspecified atom stereocenters. The summed E-state index contributed by atoms with van der Waals surface area (Å²) in [7, 11) is -4.62. The Bertz CT molecular complexity index is 279. The van der Waals surface area contributed by atoms with Gasteiger partial charge in [-0.2, -0.15) is 0 Å². The van der Waals surface area contributed by atoms with Crippen LogP contribution in [0.1, 0.15) is 59.3 Å². The molecule has 0 amide bonds. The zero-order valence-corrected chi connectivity index (χ0v) is 14.8. The van der Waals surface area contributed by atoms with Gasteiger partial charge < -0.3 is 24.0 Å². The van der Waals surface area contributed by atoms with Crippen LogP contribution in [0.3, 0.4) is 0 Å². The Morgan fingerprint density at radius 2 is 1.18 bits per heavy atom. The topological polar surface area (TPSA) is 94.5 Å². The van der Waals surface area contributed by atoms with Crippen molar-refractivity contribution < 1.29 is 33.1 Å². The Balaban J connectivity index is 4.79. The van der Waals surface area contributed by atoms with Gasteiger partial charge in [-0.3, -0.25) is 4.52 Å². The van der Waals surface area contributed by atoms with E-state index in [1.165, 1.54) is 0 Å². The molecule has 0 saturated heterocycles.